The molecule has 0 spiro atoms. The molecule has 2 nitrogen and oxygen atoms in total. The lowest BCUT2D eigenvalue weighted by Gasteiger charge is -2.21. The van der Waals surface area contributed by atoms with Gasteiger partial charge in [-0.2, -0.15) is 0 Å². The van der Waals surface area contributed by atoms with Gasteiger partial charge in [-0.05, 0) is 45.1 Å². The number of carbonyl (C=O) groups is 1. The molecule has 0 aliphatic heterocycles. The first-order valence-electron chi connectivity index (χ1n) is 8.52. The van der Waals surface area contributed by atoms with Gasteiger partial charge in [-0.15, -0.1) is 0 Å². The molecule has 0 bridgehead atoms. The molecule has 0 fully saturated rings. The highest BCUT2D eigenvalue weighted by Gasteiger charge is 2.24. The van der Waals surface area contributed by atoms with Gasteiger partial charge in [-0.25, -0.2) is 0 Å². The van der Waals surface area contributed by atoms with E-state index in [-0.39, 0.29) is 11.2 Å². The molecule has 0 heterocycles. The summed E-state index contributed by atoms with van der Waals surface area (Å²) < 4.78 is 0. The van der Waals surface area contributed by atoms with E-state index < -0.39 is 5.60 Å². The molecule has 0 amide bonds. The van der Waals surface area contributed by atoms with Gasteiger partial charge in [0.25, 0.3) is 0 Å². The summed E-state index contributed by atoms with van der Waals surface area (Å²) in [6.45, 7) is 12.2. The first-order chi connectivity index (χ1) is 9.58. The number of rotatable bonds is 11. The molecule has 0 rings (SSSR count). The molecule has 0 radical (unpaired) electrons. The van der Waals surface area contributed by atoms with Gasteiger partial charge >= 0.3 is 0 Å². The van der Waals surface area contributed by atoms with E-state index in [4.69, 9.17) is 0 Å². The van der Waals surface area contributed by atoms with Crippen LogP contribution in [0.25, 0.3) is 0 Å². The third kappa shape index (κ3) is 10.7. The minimum Gasteiger partial charge on any atom is -0.390 e. The molecule has 1 N–H and O–H groups in total. The number of ketones is 1. The Balaban J connectivity index is 4.05. The third-order valence-corrected chi connectivity index (χ3v) is 4.12. The van der Waals surface area contributed by atoms with Crippen molar-refractivity contribution in [1.29, 1.82) is 0 Å². The topological polar surface area (TPSA) is 37.3 Å². The summed E-state index contributed by atoms with van der Waals surface area (Å²) in [7, 11) is 0. The van der Waals surface area contributed by atoms with Crippen molar-refractivity contribution in [1.82, 2.24) is 0 Å². The molecule has 0 saturated heterocycles. The molecule has 2 heteroatoms. The molecule has 0 aromatic heterocycles. The minimum absolute atomic E-state index is 0.226. The Kier molecular flexibility index (Phi) is 9.12. The lowest BCUT2D eigenvalue weighted by atomic mass is 9.82. The Bertz CT molecular complexity index is 321. The van der Waals surface area contributed by atoms with Gasteiger partial charge in [0.1, 0.15) is 0 Å². The van der Waals surface area contributed by atoms with Crippen molar-refractivity contribution < 1.29 is 9.90 Å². The Morgan fingerprint density at radius 2 is 1.76 bits per heavy atom. The molecule has 0 saturated carbocycles. The average molecular weight is 296 g/mol. The largest absolute Gasteiger partial charge is 0.390 e. The van der Waals surface area contributed by atoms with Crippen LogP contribution < -0.4 is 0 Å². The molecular formula is C19H36O2. The highest BCUT2D eigenvalue weighted by molar-refractivity contribution is 5.94. The summed E-state index contributed by atoms with van der Waals surface area (Å²) >= 11 is 0. The molecule has 0 aromatic rings. The number of hydrogen-bond donors (Lipinski definition) is 1. The van der Waals surface area contributed by atoms with Crippen LogP contribution in [0.1, 0.15) is 86.5 Å². The van der Waals surface area contributed by atoms with Gasteiger partial charge in [-0.3, -0.25) is 4.79 Å². The van der Waals surface area contributed by atoms with E-state index in [0.29, 0.717) is 5.92 Å². The van der Waals surface area contributed by atoms with Gasteiger partial charge in [0, 0.05) is 5.41 Å². The van der Waals surface area contributed by atoms with E-state index >= 15 is 0 Å². The number of unbranched alkanes of at least 4 members (excludes halogenated alkanes) is 1. The van der Waals surface area contributed by atoms with Crippen LogP contribution in [0.2, 0.25) is 0 Å². The fourth-order valence-electron chi connectivity index (χ4n) is 2.38. The number of carbonyl (C=O) groups excluding carboxylic acids is 1. The normalized spacial score (nSPS) is 14.6. The zero-order valence-corrected chi connectivity index (χ0v) is 15.0. The Morgan fingerprint density at radius 1 is 1.14 bits per heavy atom. The summed E-state index contributed by atoms with van der Waals surface area (Å²) in [6, 6.07) is 0. The molecule has 1 atom stereocenters. The van der Waals surface area contributed by atoms with E-state index in [0.717, 1.165) is 44.9 Å². The van der Waals surface area contributed by atoms with Crippen LogP contribution in [0.4, 0.5) is 0 Å². The van der Waals surface area contributed by atoms with Crippen LogP contribution >= 0.6 is 0 Å². The van der Waals surface area contributed by atoms with Crippen LogP contribution in [0.15, 0.2) is 12.2 Å². The van der Waals surface area contributed by atoms with Crippen LogP contribution in [-0.2, 0) is 4.79 Å². The van der Waals surface area contributed by atoms with Crippen molar-refractivity contribution in [2.45, 2.75) is 92.1 Å². The van der Waals surface area contributed by atoms with Gasteiger partial charge in [0.15, 0.2) is 5.78 Å². The van der Waals surface area contributed by atoms with Crippen molar-refractivity contribution in [3.63, 3.8) is 0 Å². The van der Waals surface area contributed by atoms with Gasteiger partial charge in [0.2, 0.25) is 0 Å². The van der Waals surface area contributed by atoms with Gasteiger partial charge < -0.3 is 5.11 Å². The molecule has 0 aliphatic carbocycles. The maximum Gasteiger partial charge on any atom is 0.160 e. The summed E-state index contributed by atoms with van der Waals surface area (Å²) in [5.74, 6) is 0.815. The maximum absolute atomic E-state index is 12.2. The molecule has 21 heavy (non-hydrogen) atoms. The number of hydrogen-bond acceptors (Lipinski definition) is 2. The molecule has 0 aliphatic rings. The lowest BCUT2D eigenvalue weighted by Crippen LogP contribution is -2.22. The molecule has 0 unspecified atom stereocenters. The second kappa shape index (κ2) is 9.40. The SMILES string of the molecule is CCCCC(C)(C)C(=O)/C=C/C[C@H](C)CCCC(C)(C)O. The first-order valence-corrected chi connectivity index (χ1v) is 8.52. The molecule has 124 valence electrons. The summed E-state index contributed by atoms with van der Waals surface area (Å²) in [4.78, 5) is 12.2. The van der Waals surface area contributed by atoms with Crippen LogP contribution in [0.3, 0.4) is 0 Å². The fourth-order valence-corrected chi connectivity index (χ4v) is 2.38. The first kappa shape index (κ1) is 20.4. The molecular weight excluding hydrogens is 260 g/mol. The van der Waals surface area contributed by atoms with E-state index in [9.17, 15) is 9.90 Å². The summed E-state index contributed by atoms with van der Waals surface area (Å²) in [5, 5.41) is 9.68. The fraction of sp³-hybridized carbons (Fsp3) is 0.842. The van der Waals surface area contributed by atoms with Crippen LogP contribution in [0, 0.1) is 11.3 Å². The summed E-state index contributed by atoms with van der Waals surface area (Å²) in [5.41, 5.74) is -0.786. The standard InChI is InChI=1S/C19H36O2/c1-7-8-14-18(3,4)17(20)13-9-11-16(2)12-10-15-19(5,6)21/h9,13,16,21H,7-8,10-12,14-15H2,1-6H3/b13-9+/t16-/m0/s1. The highest BCUT2D eigenvalue weighted by Crippen LogP contribution is 2.25. The van der Waals surface area contributed by atoms with Crippen LogP contribution in [-0.4, -0.2) is 16.5 Å². The highest BCUT2D eigenvalue weighted by atomic mass is 16.3. The summed E-state index contributed by atoms with van der Waals surface area (Å²) in [6.07, 6.45) is 10.9. The second-order valence-electron chi connectivity index (χ2n) is 7.80. The van der Waals surface area contributed by atoms with Crippen molar-refractivity contribution in [2.75, 3.05) is 0 Å². The minimum atomic E-state index is -0.561. The second-order valence-corrected chi connectivity index (χ2v) is 7.80. The lowest BCUT2D eigenvalue weighted by molar-refractivity contribution is -0.122. The Labute approximate surface area is 132 Å². The van der Waals surface area contributed by atoms with Crippen molar-refractivity contribution in [2.24, 2.45) is 11.3 Å². The molecule has 0 aromatic carbocycles. The average Bonchev–Trinajstić information content (AvgIpc) is 2.34. The zero-order chi connectivity index (χ0) is 16.5. The zero-order valence-electron chi connectivity index (χ0n) is 15.0. The quantitative estimate of drug-likeness (QED) is 0.526. The smallest absolute Gasteiger partial charge is 0.160 e. The van der Waals surface area contributed by atoms with Crippen molar-refractivity contribution in [3.8, 4) is 0 Å². The maximum atomic E-state index is 12.2. The van der Waals surface area contributed by atoms with Gasteiger partial charge in [-0.1, -0.05) is 59.5 Å². The van der Waals surface area contributed by atoms with E-state index in [1.54, 1.807) is 6.08 Å². The third-order valence-electron chi connectivity index (χ3n) is 4.12. The van der Waals surface area contributed by atoms with Gasteiger partial charge in [0.05, 0.1) is 5.60 Å². The van der Waals surface area contributed by atoms with E-state index in [1.165, 1.54) is 0 Å². The number of allylic oxidation sites excluding steroid dienone is 2. The Morgan fingerprint density at radius 3 is 2.29 bits per heavy atom. The van der Waals surface area contributed by atoms with Crippen LogP contribution in [0.5, 0.6) is 0 Å². The van der Waals surface area contributed by atoms with Crippen molar-refractivity contribution in [3.05, 3.63) is 12.2 Å². The van der Waals surface area contributed by atoms with E-state index in [1.807, 2.05) is 33.8 Å². The predicted molar refractivity (Wildman–Crippen MR) is 91.4 cm³/mol. The predicted octanol–water partition coefficient (Wildman–Crippen LogP) is 5.30. The van der Waals surface area contributed by atoms with E-state index in [2.05, 4.69) is 13.8 Å². The monoisotopic (exact) mass is 296 g/mol. The Hall–Kier alpha value is -0.630. The number of aliphatic hydroxyl groups is 1. The van der Waals surface area contributed by atoms with Crippen molar-refractivity contribution >= 4 is 5.78 Å².